The van der Waals surface area contributed by atoms with E-state index in [-0.39, 0.29) is 17.1 Å². The number of hydrogen-bond acceptors (Lipinski definition) is 7. The van der Waals surface area contributed by atoms with Gasteiger partial charge in [0.05, 0.1) is 11.8 Å². The highest BCUT2D eigenvalue weighted by Gasteiger charge is 2.24. The number of nitrogens with zero attached hydrogens (tertiary/aromatic N) is 6. The van der Waals surface area contributed by atoms with Crippen LogP contribution in [0.3, 0.4) is 0 Å². The molecule has 0 saturated heterocycles. The SMILES string of the molecule is Cc1c(CNC(=O)c2noc(C(C)(C)C)n2)cccc1-c1ccnc2[nH]c(-c3cnn(C)c3)nc12. The first-order valence-corrected chi connectivity index (χ1v) is 11.3. The number of benzene rings is 1. The minimum atomic E-state index is -0.381. The number of pyridine rings is 1. The molecule has 0 spiro atoms. The molecule has 0 aliphatic heterocycles. The fourth-order valence-corrected chi connectivity index (χ4v) is 3.85. The maximum Gasteiger partial charge on any atom is 0.292 e. The van der Waals surface area contributed by atoms with Crippen molar-refractivity contribution < 1.29 is 9.32 Å². The summed E-state index contributed by atoms with van der Waals surface area (Å²) in [6.07, 6.45) is 5.43. The maximum absolute atomic E-state index is 12.6. The molecular formula is C25H26N8O2. The molecule has 5 rings (SSSR count). The van der Waals surface area contributed by atoms with E-state index >= 15 is 0 Å². The van der Waals surface area contributed by atoms with Crippen LogP contribution in [0.25, 0.3) is 33.7 Å². The van der Waals surface area contributed by atoms with Crippen LogP contribution >= 0.6 is 0 Å². The summed E-state index contributed by atoms with van der Waals surface area (Å²) >= 11 is 0. The zero-order valence-electron chi connectivity index (χ0n) is 20.2. The van der Waals surface area contributed by atoms with Gasteiger partial charge in [-0.05, 0) is 29.7 Å². The molecule has 1 aromatic carbocycles. The lowest BCUT2D eigenvalue weighted by atomic mass is 9.96. The third kappa shape index (κ3) is 4.30. The molecule has 0 bridgehead atoms. The van der Waals surface area contributed by atoms with Crippen molar-refractivity contribution in [1.29, 1.82) is 0 Å². The Labute approximate surface area is 201 Å². The largest absolute Gasteiger partial charge is 0.345 e. The number of nitrogens with one attached hydrogen (secondary N) is 2. The fourth-order valence-electron chi connectivity index (χ4n) is 3.85. The molecule has 0 aliphatic carbocycles. The van der Waals surface area contributed by atoms with Gasteiger partial charge in [-0.15, -0.1) is 0 Å². The zero-order valence-corrected chi connectivity index (χ0v) is 20.2. The normalized spacial score (nSPS) is 11.8. The summed E-state index contributed by atoms with van der Waals surface area (Å²) in [6.45, 7) is 8.21. The number of aryl methyl sites for hydroxylation is 1. The topological polar surface area (TPSA) is 127 Å². The van der Waals surface area contributed by atoms with Crippen molar-refractivity contribution in [3.63, 3.8) is 0 Å². The number of imidazole rings is 1. The van der Waals surface area contributed by atoms with Crippen LogP contribution in [0.2, 0.25) is 0 Å². The Kier molecular flexibility index (Phi) is 5.43. The molecule has 0 saturated carbocycles. The van der Waals surface area contributed by atoms with Crippen molar-refractivity contribution in [1.82, 2.24) is 40.2 Å². The van der Waals surface area contributed by atoms with E-state index in [4.69, 9.17) is 9.51 Å². The van der Waals surface area contributed by atoms with Gasteiger partial charge in [0, 0.05) is 37.0 Å². The number of carbonyl (C=O) groups excluding carboxylic acids is 1. The molecule has 0 aliphatic rings. The summed E-state index contributed by atoms with van der Waals surface area (Å²) in [5.41, 5.74) is 6.03. The van der Waals surface area contributed by atoms with Crippen molar-refractivity contribution in [2.45, 2.75) is 39.7 Å². The molecule has 0 unspecified atom stereocenters. The first-order valence-electron chi connectivity index (χ1n) is 11.3. The van der Waals surface area contributed by atoms with Gasteiger partial charge in [0.25, 0.3) is 11.7 Å². The first-order chi connectivity index (χ1) is 16.7. The highest BCUT2D eigenvalue weighted by molar-refractivity contribution is 5.93. The van der Waals surface area contributed by atoms with Crippen molar-refractivity contribution in [3.8, 4) is 22.5 Å². The van der Waals surface area contributed by atoms with Crippen LogP contribution in [-0.4, -0.2) is 40.8 Å². The van der Waals surface area contributed by atoms with Crippen LogP contribution in [0.1, 0.15) is 48.4 Å². The Morgan fingerprint density at radius 1 is 1.17 bits per heavy atom. The summed E-state index contributed by atoms with van der Waals surface area (Å²) in [5.74, 6) is 0.781. The molecule has 10 heteroatoms. The molecule has 10 nitrogen and oxygen atoms in total. The lowest BCUT2D eigenvalue weighted by Crippen LogP contribution is -2.24. The van der Waals surface area contributed by atoms with Crippen LogP contribution < -0.4 is 5.32 Å². The lowest BCUT2D eigenvalue weighted by molar-refractivity contribution is 0.0937. The number of carbonyl (C=O) groups is 1. The second-order valence-electron chi connectivity index (χ2n) is 9.49. The summed E-state index contributed by atoms with van der Waals surface area (Å²) in [4.78, 5) is 29.4. The third-order valence-electron chi connectivity index (χ3n) is 5.81. The second-order valence-corrected chi connectivity index (χ2v) is 9.49. The molecule has 2 N–H and O–H groups in total. The van der Waals surface area contributed by atoms with E-state index in [1.165, 1.54) is 0 Å². The van der Waals surface area contributed by atoms with Crippen LogP contribution in [0, 0.1) is 6.92 Å². The molecule has 178 valence electrons. The number of aromatic nitrogens is 7. The van der Waals surface area contributed by atoms with Crippen LogP contribution in [0.5, 0.6) is 0 Å². The lowest BCUT2D eigenvalue weighted by Gasteiger charge is -2.12. The average Bonchev–Trinajstić information content (AvgIpc) is 3.56. The van der Waals surface area contributed by atoms with Gasteiger partial charge in [-0.2, -0.15) is 10.1 Å². The van der Waals surface area contributed by atoms with E-state index in [1.54, 1.807) is 17.1 Å². The Hall–Kier alpha value is -4.34. The molecule has 0 fully saturated rings. The molecule has 4 heterocycles. The highest BCUT2D eigenvalue weighted by Crippen LogP contribution is 2.32. The zero-order chi connectivity index (χ0) is 24.7. The summed E-state index contributed by atoms with van der Waals surface area (Å²) in [7, 11) is 1.87. The summed E-state index contributed by atoms with van der Waals surface area (Å²) in [6, 6.07) is 7.95. The van der Waals surface area contributed by atoms with E-state index < -0.39 is 0 Å². The van der Waals surface area contributed by atoms with E-state index in [1.807, 2.05) is 65.2 Å². The summed E-state index contributed by atoms with van der Waals surface area (Å²) in [5, 5.41) is 10.9. The minimum Gasteiger partial charge on any atom is -0.345 e. The number of hydrogen-bond donors (Lipinski definition) is 2. The first kappa shape index (κ1) is 22.5. The number of fused-ring (bicyclic) bond motifs is 1. The van der Waals surface area contributed by atoms with Gasteiger partial charge < -0.3 is 14.8 Å². The average molecular weight is 471 g/mol. The smallest absolute Gasteiger partial charge is 0.292 e. The van der Waals surface area contributed by atoms with Gasteiger partial charge in [-0.3, -0.25) is 9.48 Å². The van der Waals surface area contributed by atoms with Gasteiger partial charge in [0.1, 0.15) is 11.3 Å². The highest BCUT2D eigenvalue weighted by atomic mass is 16.5. The monoisotopic (exact) mass is 470 g/mol. The molecule has 0 atom stereocenters. The van der Waals surface area contributed by atoms with Crippen LogP contribution in [0.4, 0.5) is 0 Å². The van der Waals surface area contributed by atoms with Crippen molar-refractivity contribution in [2.75, 3.05) is 0 Å². The van der Waals surface area contributed by atoms with Gasteiger partial charge in [-0.25, -0.2) is 9.97 Å². The predicted molar refractivity (Wildman–Crippen MR) is 130 cm³/mol. The standard InChI is InChI=1S/C25H26N8O2/c1-14-15(11-27-23(34)22-31-24(35-32-22)25(2,3)4)7-6-8-17(14)18-9-10-26-21-19(18)29-20(30-21)16-12-28-33(5)13-16/h6-10,12-13H,11H2,1-5H3,(H,27,34)(H,26,29,30). The Morgan fingerprint density at radius 2 is 2.00 bits per heavy atom. The van der Waals surface area contributed by atoms with Crippen LogP contribution in [-0.2, 0) is 19.0 Å². The van der Waals surface area contributed by atoms with Gasteiger partial charge in [0.2, 0.25) is 5.89 Å². The molecule has 1 amide bonds. The number of rotatable bonds is 5. The molecule has 4 aromatic heterocycles. The van der Waals surface area contributed by atoms with E-state index in [0.29, 0.717) is 23.9 Å². The van der Waals surface area contributed by atoms with E-state index in [2.05, 4.69) is 30.5 Å². The third-order valence-corrected chi connectivity index (χ3v) is 5.81. The molecular weight excluding hydrogens is 444 g/mol. The van der Waals surface area contributed by atoms with Crippen LogP contribution in [0.15, 0.2) is 47.4 Å². The molecule has 5 aromatic rings. The van der Waals surface area contributed by atoms with Gasteiger partial charge >= 0.3 is 0 Å². The molecule has 35 heavy (non-hydrogen) atoms. The maximum atomic E-state index is 12.6. The molecule has 0 radical (unpaired) electrons. The van der Waals surface area contributed by atoms with E-state index in [0.717, 1.165) is 33.3 Å². The van der Waals surface area contributed by atoms with E-state index in [9.17, 15) is 4.79 Å². The Balaban J connectivity index is 1.42. The van der Waals surface area contributed by atoms with Crippen molar-refractivity contribution >= 4 is 17.1 Å². The predicted octanol–water partition coefficient (Wildman–Crippen LogP) is 3.94. The van der Waals surface area contributed by atoms with Crippen molar-refractivity contribution in [2.24, 2.45) is 7.05 Å². The minimum absolute atomic E-state index is 0.0269. The number of H-pyrrole nitrogens is 1. The van der Waals surface area contributed by atoms with Crippen molar-refractivity contribution in [3.05, 3.63) is 65.7 Å². The van der Waals surface area contributed by atoms with Gasteiger partial charge in [0.15, 0.2) is 5.65 Å². The number of amides is 1. The number of aromatic amines is 1. The van der Waals surface area contributed by atoms with Gasteiger partial charge in [-0.1, -0.05) is 44.1 Å². The summed E-state index contributed by atoms with van der Waals surface area (Å²) < 4.78 is 6.97. The Bertz CT molecular complexity index is 1540. The Morgan fingerprint density at radius 3 is 2.71 bits per heavy atom. The quantitative estimate of drug-likeness (QED) is 0.398. The fraction of sp³-hybridized carbons (Fsp3) is 0.280. The second kappa shape index (κ2) is 8.46.